The van der Waals surface area contributed by atoms with Gasteiger partial charge in [0.25, 0.3) is 0 Å². The van der Waals surface area contributed by atoms with Crippen molar-refractivity contribution >= 4 is 0 Å². The quantitative estimate of drug-likeness (QED) is 0.802. The van der Waals surface area contributed by atoms with Crippen LogP contribution in [0.2, 0.25) is 0 Å². The first kappa shape index (κ1) is 13.2. The Morgan fingerprint density at radius 1 is 1.11 bits per heavy atom. The second-order valence-corrected chi connectivity index (χ2v) is 4.93. The number of hydrogen-bond donors (Lipinski definition) is 2. The Morgan fingerprint density at radius 2 is 1.72 bits per heavy atom. The van der Waals surface area contributed by atoms with Crippen molar-refractivity contribution in [2.75, 3.05) is 6.54 Å². The first-order valence-electron chi connectivity index (χ1n) is 6.09. The van der Waals surface area contributed by atoms with E-state index in [4.69, 9.17) is 5.73 Å². The Hall–Kier alpha value is -1.23. The van der Waals surface area contributed by atoms with Gasteiger partial charge in [-0.15, -0.1) is 0 Å². The minimum atomic E-state index is -1.54. The molecule has 0 unspecified atom stereocenters. The van der Waals surface area contributed by atoms with Crippen LogP contribution in [0.25, 0.3) is 0 Å². The van der Waals surface area contributed by atoms with E-state index in [9.17, 15) is 18.3 Å². The maximum Gasteiger partial charge on any atom is 0.203 e. The molecule has 0 radical (unpaired) electrons. The lowest BCUT2D eigenvalue weighted by Gasteiger charge is -2.37. The fourth-order valence-electron chi connectivity index (χ4n) is 2.79. The molecule has 0 saturated heterocycles. The summed E-state index contributed by atoms with van der Waals surface area (Å²) in [4.78, 5) is 0. The highest BCUT2D eigenvalue weighted by molar-refractivity contribution is 5.38. The van der Waals surface area contributed by atoms with E-state index in [1.807, 2.05) is 0 Å². The van der Waals surface area contributed by atoms with Crippen LogP contribution >= 0.6 is 0 Å². The van der Waals surface area contributed by atoms with E-state index in [1.165, 1.54) is 0 Å². The van der Waals surface area contributed by atoms with Gasteiger partial charge in [0, 0.05) is 17.5 Å². The highest BCUT2D eigenvalue weighted by Crippen LogP contribution is 2.42. The summed E-state index contributed by atoms with van der Waals surface area (Å²) in [5.74, 6) is -5.11. The molecular formula is C13H16F3NO. The molecule has 1 aliphatic carbocycles. The summed E-state index contributed by atoms with van der Waals surface area (Å²) in [5, 5.41) is 9.28. The van der Waals surface area contributed by atoms with Crippen LogP contribution in [0.5, 0.6) is 5.75 Å². The zero-order chi connectivity index (χ0) is 13.3. The van der Waals surface area contributed by atoms with E-state index in [0.29, 0.717) is 12.8 Å². The molecule has 1 saturated carbocycles. The van der Waals surface area contributed by atoms with Crippen molar-refractivity contribution in [1.29, 1.82) is 0 Å². The van der Waals surface area contributed by atoms with Crippen molar-refractivity contribution in [2.45, 2.75) is 37.5 Å². The molecule has 1 fully saturated rings. The number of nitrogens with two attached hydrogens (primary N) is 1. The molecule has 100 valence electrons. The Morgan fingerprint density at radius 3 is 2.28 bits per heavy atom. The molecule has 1 aromatic rings. The number of benzene rings is 1. The average Bonchev–Trinajstić information content (AvgIpc) is 2.41. The summed E-state index contributed by atoms with van der Waals surface area (Å²) in [6, 6.07) is 0.836. The number of phenolic OH excluding ortho intramolecular Hbond substituents is 1. The number of hydrogen-bond acceptors (Lipinski definition) is 2. The molecule has 0 bridgehead atoms. The van der Waals surface area contributed by atoms with Gasteiger partial charge >= 0.3 is 0 Å². The minimum Gasteiger partial charge on any atom is -0.503 e. The van der Waals surface area contributed by atoms with Gasteiger partial charge in [0.2, 0.25) is 5.82 Å². The van der Waals surface area contributed by atoms with Crippen molar-refractivity contribution < 1.29 is 18.3 Å². The van der Waals surface area contributed by atoms with Crippen LogP contribution < -0.4 is 5.73 Å². The minimum absolute atomic E-state index is 0.00102. The maximum atomic E-state index is 13.9. The zero-order valence-corrected chi connectivity index (χ0v) is 9.98. The van der Waals surface area contributed by atoms with Crippen molar-refractivity contribution in [3.63, 3.8) is 0 Å². The molecule has 0 atom stereocenters. The first-order chi connectivity index (χ1) is 8.52. The van der Waals surface area contributed by atoms with Gasteiger partial charge in [-0.25, -0.2) is 8.78 Å². The van der Waals surface area contributed by atoms with Crippen molar-refractivity contribution in [3.8, 4) is 5.75 Å². The Balaban J connectivity index is 2.55. The summed E-state index contributed by atoms with van der Waals surface area (Å²) in [6.45, 7) is 0.161. The second kappa shape index (κ2) is 4.80. The van der Waals surface area contributed by atoms with Crippen LogP contribution in [0.1, 0.15) is 37.7 Å². The van der Waals surface area contributed by atoms with Crippen LogP contribution in [0.15, 0.2) is 6.07 Å². The smallest absolute Gasteiger partial charge is 0.203 e. The van der Waals surface area contributed by atoms with Gasteiger partial charge in [0.05, 0.1) is 0 Å². The number of phenols is 1. The predicted molar refractivity (Wildman–Crippen MR) is 61.8 cm³/mol. The lowest BCUT2D eigenvalue weighted by Crippen LogP contribution is -2.38. The van der Waals surface area contributed by atoms with E-state index in [0.717, 1.165) is 25.3 Å². The Bertz CT molecular complexity index is 456. The summed E-state index contributed by atoms with van der Waals surface area (Å²) in [5.41, 5.74) is 5.03. The maximum absolute atomic E-state index is 13.9. The molecule has 2 rings (SSSR count). The largest absolute Gasteiger partial charge is 0.503 e. The number of rotatable bonds is 2. The summed E-state index contributed by atoms with van der Waals surface area (Å²) in [6.07, 6.45) is 4.03. The van der Waals surface area contributed by atoms with Crippen molar-refractivity contribution in [3.05, 3.63) is 29.1 Å². The lowest BCUT2D eigenvalue weighted by molar-refractivity contribution is 0.282. The Kier molecular flexibility index (Phi) is 3.52. The molecule has 0 aliphatic heterocycles. The molecule has 0 aromatic heterocycles. The van der Waals surface area contributed by atoms with Crippen LogP contribution in [0, 0.1) is 17.5 Å². The van der Waals surface area contributed by atoms with E-state index in [-0.39, 0.29) is 12.1 Å². The standard InChI is InChI=1S/C13H16F3NO/c14-9-6-8(10(15)12(18)11(9)16)13(7-17)4-2-1-3-5-13/h6,18H,1-5,7,17H2. The predicted octanol–water partition coefficient (Wildman–Crippen LogP) is 2.97. The van der Waals surface area contributed by atoms with Crippen molar-refractivity contribution in [1.82, 2.24) is 0 Å². The molecule has 18 heavy (non-hydrogen) atoms. The molecule has 0 heterocycles. The Labute approximate surface area is 104 Å². The number of aromatic hydroxyl groups is 1. The monoisotopic (exact) mass is 259 g/mol. The van der Waals surface area contributed by atoms with E-state index in [2.05, 4.69) is 0 Å². The van der Waals surface area contributed by atoms with Crippen LogP contribution in [-0.4, -0.2) is 11.7 Å². The van der Waals surface area contributed by atoms with Gasteiger partial charge in [-0.05, 0) is 18.9 Å². The van der Waals surface area contributed by atoms with Crippen LogP contribution in [0.4, 0.5) is 13.2 Å². The molecule has 0 spiro atoms. The summed E-state index contributed by atoms with van der Waals surface area (Å²) in [7, 11) is 0. The average molecular weight is 259 g/mol. The van der Waals surface area contributed by atoms with Crippen LogP contribution in [-0.2, 0) is 5.41 Å². The third kappa shape index (κ3) is 1.96. The van der Waals surface area contributed by atoms with E-state index in [1.54, 1.807) is 0 Å². The molecule has 1 aliphatic rings. The number of halogens is 3. The summed E-state index contributed by atoms with van der Waals surface area (Å²) < 4.78 is 40.4. The van der Waals surface area contributed by atoms with Crippen molar-refractivity contribution in [2.24, 2.45) is 5.73 Å². The van der Waals surface area contributed by atoms with E-state index >= 15 is 0 Å². The molecular weight excluding hydrogens is 243 g/mol. The molecule has 3 N–H and O–H groups in total. The molecule has 1 aromatic carbocycles. The van der Waals surface area contributed by atoms with Crippen LogP contribution in [0.3, 0.4) is 0 Å². The SMILES string of the molecule is NCC1(c2cc(F)c(F)c(O)c2F)CCCCC1. The highest BCUT2D eigenvalue weighted by atomic mass is 19.2. The molecule has 2 nitrogen and oxygen atoms in total. The third-order valence-electron chi connectivity index (χ3n) is 3.91. The van der Waals surface area contributed by atoms with Gasteiger partial charge in [0.15, 0.2) is 17.4 Å². The second-order valence-electron chi connectivity index (χ2n) is 4.93. The van der Waals surface area contributed by atoms with Gasteiger partial charge in [0.1, 0.15) is 0 Å². The van der Waals surface area contributed by atoms with Gasteiger partial charge in [-0.1, -0.05) is 19.3 Å². The summed E-state index contributed by atoms with van der Waals surface area (Å²) >= 11 is 0. The van der Waals surface area contributed by atoms with Gasteiger partial charge in [-0.3, -0.25) is 0 Å². The first-order valence-corrected chi connectivity index (χ1v) is 6.09. The topological polar surface area (TPSA) is 46.2 Å². The normalized spacial score (nSPS) is 18.9. The zero-order valence-electron chi connectivity index (χ0n) is 9.98. The molecule has 5 heteroatoms. The fourth-order valence-corrected chi connectivity index (χ4v) is 2.79. The third-order valence-corrected chi connectivity index (χ3v) is 3.91. The lowest BCUT2D eigenvalue weighted by atomic mass is 9.69. The van der Waals surface area contributed by atoms with Gasteiger partial charge < -0.3 is 10.8 Å². The molecule has 0 amide bonds. The fraction of sp³-hybridized carbons (Fsp3) is 0.538. The van der Waals surface area contributed by atoms with Gasteiger partial charge in [-0.2, -0.15) is 4.39 Å². The highest BCUT2D eigenvalue weighted by Gasteiger charge is 2.37. The van der Waals surface area contributed by atoms with E-state index < -0.39 is 28.6 Å².